The molecule has 6 heterocycles. The number of urea groups is 1. The van der Waals surface area contributed by atoms with Crippen molar-refractivity contribution in [3.63, 3.8) is 0 Å². The van der Waals surface area contributed by atoms with Crippen molar-refractivity contribution in [1.29, 1.82) is 0 Å². The number of aryl methyl sites for hydroxylation is 2. The number of hydrogen-bond acceptors (Lipinski definition) is 9. The van der Waals surface area contributed by atoms with Gasteiger partial charge in [0.2, 0.25) is 11.4 Å². The Morgan fingerprint density at radius 3 is 1.34 bits per heavy atom. The summed E-state index contributed by atoms with van der Waals surface area (Å²) in [7, 11) is 0. The third kappa shape index (κ3) is 8.78. The molecule has 0 radical (unpaired) electrons. The number of amides is 2. The normalized spacial score (nSPS) is 19.4. The second-order valence-corrected chi connectivity index (χ2v) is 16.2. The molecule has 64 heavy (non-hydrogen) atoms. The summed E-state index contributed by atoms with van der Waals surface area (Å²) >= 11 is 12.8. The first-order valence-electron chi connectivity index (χ1n) is 19.8. The number of rotatable bonds is 8. The van der Waals surface area contributed by atoms with E-state index >= 15 is 4.79 Å². The molecule has 8 rings (SSSR count). The first kappa shape index (κ1) is 44.3. The fraction of sp³-hybridized carbons (Fsp3) is 0.267. The molecule has 6 aromatic rings. The maximum atomic E-state index is 16.1. The van der Waals surface area contributed by atoms with Gasteiger partial charge in [-0.25, -0.2) is 14.8 Å². The summed E-state index contributed by atoms with van der Waals surface area (Å²) in [5, 5.41) is 0.868. The van der Waals surface area contributed by atoms with Gasteiger partial charge >= 0.3 is 18.4 Å². The van der Waals surface area contributed by atoms with Crippen molar-refractivity contribution in [2.24, 2.45) is 0 Å². The SMILES string of the molecule is Cc1cc(Cl)ccc1O[C@]1(c2cccnc2)CN(c2ccc(C(F)(F)F)cn2)CCN1C(=O)N1CCN(c2ccc(C(F)(F)F)cn2)C[C@]1(Oc1ccc(Cl)cc1C)c1cccnc1. The summed E-state index contributed by atoms with van der Waals surface area (Å²) < 4.78 is 96.2. The van der Waals surface area contributed by atoms with E-state index in [1.165, 1.54) is 21.9 Å². The second-order valence-electron chi connectivity index (χ2n) is 15.3. The molecule has 4 aromatic heterocycles. The predicted octanol–water partition coefficient (Wildman–Crippen LogP) is 10.2. The fourth-order valence-electron chi connectivity index (χ4n) is 7.96. The molecule has 332 valence electrons. The third-order valence-electron chi connectivity index (χ3n) is 11.2. The van der Waals surface area contributed by atoms with Crippen molar-refractivity contribution >= 4 is 40.9 Å². The van der Waals surface area contributed by atoms with Crippen LogP contribution in [0.4, 0.5) is 42.8 Å². The molecular weight excluding hydrogens is 885 g/mol. The van der Waals surface area contributed by atoms with Crippen molar-refractivity contribution in [3.05, 3.63) is 166 Å². The van der Waals surface area contributed by atoms with Crippen LogP contribution in [0.5, 0.6) is 11.5 Å². The minimum Gasteiger partial charge on any atom is -0.461 e. The predicted molar refractivity (Wildman–Crippen MR) is 227 cm³/mol. The average molecular weight is 924 g/mol. The zero-order valence-corrected chi connectivity index (χ0v) is 35.6. The number of pyridine rings is 4. The van der Waals surface area contributed by atoms with Crippen LogP contribution in [0.1, 0.15) is 33.4 Å². The number of carbonyl (C=O) groups excluding carboxylic acids is 1. The summed E-state index contributed by atoms with van der Waals surface area (Å²) in [5.74, 6) is 1.10. The van der Waals surface area contributed by atoms with Crippen molar-refractivity contribution in [2.75, 3.05) is 49.1 Å². The maximum absolute atomic E-state index is 16.1. The Labute approximate surface area is 373 Å². The Balaban J connectivity index is 1.29. The van der Waals surface area contributed by atoms with E-state index in [1.54, 1.807) is 109 Å². The van der Waals surface area contributed by atoms with E-state index in [2.05, 4.69) is 19.9 Å². The van der Waals surface area contributed by atoms with Gasteiger partial charge < -0.3 is 19.3 Å². The Morgan fingerprint density at radius 1 is 0.594 bits per heavy atom. The quantitative estimate of drug-likeness (QED) is 0.138. The van der Waals surface area contributed by atoms with Gasteiger partial charge in [-0.15, -0.1) is 0 Å². The van der Waals surface area contributed by atoms with Crippen LogP contribution < -0.4 is 19.3 Å². The summed E-state index contributed by atoms with van der Waals surface area (Å²) in [6.07, 6.45) is -1.52. The number of nitrogens with zero attached hydrogens (tertiary/aromatic N) is 8. The van der Waals surface area contributed by atoms with Crippen molar-refractivity contribution in [2.45, 2.75) is 37.7 Å². The van der Waals surface area contributed by atoms with E-state index in [4.69, 9.17) is 32.7 Å². The molecular formula is C45H38Cl2F6N8O3. The molecule has 2 saturated heterocycles. The molecule has 2 fully saturated rings. The lowest BCUT2D eigenvalue weighted by Gasteiger charge is -2.55. The summed E-state index contributed by atoms with van der Waals surface area (Å²) in [6.45, 7) is 3.36. The Kier molecular flexibility index (Phi) is 12.0. The van der Waals surface area contributed by atoms with Crippen molar-refractivity contribution in [3.8, 4) is 11.5 Å². The molecule has 2 aliphatic rings. The largest absolute Gasteiger partial charge is 0.461 e. The smallest absolute Gasteiger partial charge is 0.417 e. The minimum absolute atomic E-state index is 0.0627. The van der Waals surface area contributed by atoms with Crippen molar-refractivity contribution in [1.82, 2.24) is 29.7 Å². The minimum atomic E-state index is -4.62. The highest BCUT2D eigenvalue weighted by molar-refractivity contribution is 6.31. The highest BCUT2D eigenvalue weighted by Gasteiger charge is 2.56. The zero-order chi connectivity index (χ0) is 45.4. The zero-order valence-electron chi connectivity index (χ0n) is 34.1. The summed E-state index contributed by atoms with van der Waals surface area (Å²) in [6, 6.07) is 20.6. The van der Waals surface area contributed by atoms with Crippen LogP contribution in [0.15, 0.2) is 122 Å². The topological polar surface area (TPSA) is 100 Å². The van der Waals surface area contributed by atoms with E-state index in [0.717, 1.165) is 24.5 Å². The maximum Gasteiger partial charge on any atom is 0.417 e. The number of halogens is 8. The standard InChI is InChI=1S/C45H38Cl2F6N8O3/c1-29-21-35(46)9-11-37(29)63-42(31-5-3-15-54-23-31)27-58(39-13-7-33(25-56-39)44(48,49)50)17-19-60(42)41(62)61-20-18-59(40-14-8-34(26-57-40)45(51,52)53)28-43(61,32-6-4-16-55-24-32)64-38-12-10-36(47)22-30(38)2/h3-16,21-26H,17-20,27-28H2,1-2H3/t42-,43-/m0/s1. The first-order chi connectivity index (χ1) is 30.5. The molecule has 2 amide bonds. The van der Waals surface area contributed by atoms with Crippen LogP contribution in [0.2, 0.25) is 10.0 Å². The summed E-state index contributed by atoms with van der Waals surface area (Å²) in [5.41, 5.74) is -3.28. The number of ether oxygens (including phenoxy) is 2. The van der Waals surface area contributed by atoms with Crippen LogP contribution in [0.25, 0.3) is 0 Å². The van der Waals surface area contributed by atoms with Crippen LogP contribution in [-0.4, -0.2) is 75.0 Å². The number of benzene rings is 2. The number of anilines is 2. The fourth-order valence-corrected chi connectivity index (χ4v) is 8.41. The highest BCUT2D eigenvalue weighted by atomic mass is 35.5. The molecule has 0 N–H and O–H groups in total. The van der Waals surface area contributed by atoms with Crippen LogP contribution in [-0.2, 0) is 23.8 Å². The van der Waals surface area contributed by atoms with E-state index in [0.29, 0.717) is 43.8 Å². The van der Waals surface area contributed by atoms with E-state index < -0.39 is 41.0 Å². The van der Waals surface area contributed by atoms with E-state index in [9.17, 15) is 26.3 Å². The van der Waals surface area contributed by atoms with Crippen LogP contribution in [0, 0.1) is 13.8 Å². The third-order valence-corrected chi connectivity index (χ3v) is 11.7. The molecule has 0 spiro atoms. The lowest BCUT2D eigenvalue weighted by Crippen LogP contribution is -2.72. The molecule has 19 heteroatoms. The Morgan fingerprint density at radius 2 is 1.02 bits per heavy atom. The number of aromatic nitrogens is 4. The summed E-state index contributed by atoms with van der Waals surface area (Å²) in [4.78, 5) is 39.8. The van der Waals surface area contributed by atoms with Gasteiger partial charge in [0.25, 0.3) is 0 Å². The molecule has 11 nitrogen and oxygen atoms in total. The molecule has 0 saturated carbocycles. The Hall–Kier alpha value is -6.33. The van der Waals surface area contributed by atoms with Gasteiger partial charge in [0.1, 0.15) is 23.1 Å². The molecule has 0 bridgehead atoms. The van der Waals surface area contributed by atoms with Gasteiger partial charge in [-0.05, 0) is 110 Å². The number of alkyl halides is 6. The highest BCUT2D eigenvalue weighted by Crippen LogP contribution is 2.44. The van der Waals surface area contributed by atoms with Gasteiger partial charge in [-0.3, -0.25) is 19.8 Å². The lowest BCUT2D eigenvalue weighted by atomic mass is 9.96. The molecule has 2 aliphatic heterocycles. The van der Waals surface area contributed by atoms with Gasteiger partial charge in [-0.2, -0.15) is 26.3 Å². The van der Waals surface area contributed by atoms with Crippen LogP contribution >= 0.6 is 23.2 Å². The Bertz CT molecular complexity index is 2440. The van der Waals surface area contributed by atoms with Gasteiger partial charge in [0, 0.05) is 84.5 Å². The molecule has 2 atom stereocenters. The number of carbonyl (C=O) groups is 1. The van der Waals surface area contributed by atoms with E-state index in [-0.39, 0.29) is 50.9 Å². The number of hydrogen-bond donors (Lipinski definition) is 0. The number of piperazine rings is 2. The molecule has 0 unspecified atom stereocenters. The van der Waals surface area contributed by atoms with Gasteiger partial charge in [0.15, 0.2) is 0 Å². The van der Waals surface area contributed by atoms with E-state index in [1.807, 2.05) is 0 Å². The molecule has 0 aliphatic carbocycles. The second kappa shape index (κ2) is 17.3. The average Bonchev–Trinajstić information content (AvgIpc) is 3.28. The monoisotopic (exact) mass is 922 g/mol. The van der Waals surface area contributed by atoms with Gasteiger partial charge in [-0.1, -0.05) is 23.2 Å². The van der Waals surface area contributed by atoms with Crippen molar-refractivity contribution < 1.29 is 40.6 Å². The lowest BCUT2D eigenvalue weighted by molar-refractivity contribution is -0.138. The molecule has 2 aromatic carbocycles. The first-order valence-corrected chi connectivity index (χ1v) is 20.6. The van der Waals surface area contributed by atoms with Gasteiger partial charge in [0.05, 0.1) is 24.2 Å². The van der Waals surface area contributed by atoms with Crippen LogP contribution in [0.3, 0.4) is 0 Å².